The monoisotopic (exact) mass is 146 g/mol. The first kappa shape index (κ1) is 6.92. The van der Waals surface area contributed by atoms with Crippen LogP contribution in [0.3, 0.4) is 0 Å². The minimum atomic E-state index is -1.31. The molecule has 0 spiro atoms. The molecule has 1 unspecified atom stereocenters. The SMILES string of the molecule is [Li][Se](=O)CCC. The Kier molecular flexibility index (Phi) is 4.71. The third-order valence-electron chi connectivity index (χ3n) is 0.492. The van der Waals surface area contributed by atoms with E-state index in [1.54, 1.807) is 0 Å². The summed E-state index contributed by atoms with van der Waals surface area (Å²) >= 11 is 0.509. The van der Waals surface area contributed by atoms with Gasteiger partial charge in [0.15, 0.2) is 0 Å². The fraction of sp³-hybridized carbons (Fsp3) is 1.00. The minimum absolute atomic E-state index is 0.944. The third-order valence-corrected chi connectivity index (χ3v) is 2.55. The van der Waals surface area contributed by atoms with Crippen LogP contribution in [0.15, 0.2) is 0 Å². The summed E-state index contributed by atoms with van der Waals surface area (Å²) in [6.45, 7) is 2.05. The zero-order valence-electron chi connectivity index (χ0n) is 4.23. The normalized spacial score (nSPS) is 14.5. The molecule has 0 saturated heterocycles. The quantitative estimate of drug-likeness (QED) is 0.516. The third kappa shape index (κ3) is 4.92. The summed E-state index contributed by atoms with van der Waals surface area (Å²) in [6, 6.07) is 0. The molecule has 0 heterocycles. The number of rotatable bonds is 2. The average Bonchev–Trinajstić information content (AvgIpc) is 1.35. The predicted molar refractivity (Wildman–Crippen MR) is 27.3 cm³/mol. The molecular weight excluding hydrogens is 138 g/mol. The van der Waals surface area contributed by atoms with Crippen molar-refractivity contribution in [3.8, 4) is 0 Å². The Morgan fingerprint density at radius 2 is 2.33 bits per heavy atom. The summed E-state index contributed by atoms with van der Waals surface area (Å²) in [4.78, 5) is 0. The van der Waals surface area contributed by atoms with Crippen LogP contribution in [0.25, 0.3) is 0 Å². The second kappa shape index (κ2) is 4.09. The van der Waals surface area contributed by atoms with Gasteiger partial charge < -0.3 is 0 Å². The van der Waals surface area contributed by atoms with Crippen LogP contribution >= 0.6 is 0 Å². The second-order valence-electron chi connectivity index (χ2n) is 1.28. The van der Waals surface area contributed by atoms with Crippen molar-refractivity contribution in [2.24, 2.45) is 0 Å². The predicted octanol–water partition coefficient (Wildman–Crippen LogP) is 0.484. The summed E-state index contributed by atoms with van der Waals surface area (Å²) in [5.74, 6) is 0. The average molecular weight is 145 g/mol. The van der Waals surface area contributed by atoms with Crippen molar-refractivity contribution in [2.75, 3.05) is 0 Å². The first-order chi connectivity index (χ1) is 2.77. The molecule has 1 atom stereocenters. The van der Waals surface area contributed by atoms with Crippen LogP contribution in [0, 0.1) is 0 Å². The van der Waals surface area contributed by atoms with E-state index in [2.05, 4.69) is 6.92 Å². The van der Waals surface area contributed by atoms with Crippen molar-refractivity contribution >= 4 is 27.4 Å². The van der Waals surface area contributed by atoms with Gasteiger partial charge in [0.05, 0.1) is 0 Å². The van der Waals surface area contributed by atoms with Gasteiger partial charge in [0.2, 0.25) is 0 Å². The Hall–Kier alpha value is 0.917. The molecule has 0 saturated carbocycles. The standard InChI is InChI=1S/C3H7OSe.Li/c1-2-3-5-4;/h2-3H2,1H3;/q+1;-1. The molecule has 0 rings (SSSR count). The molecule has 0 radical (unpaired) electrons. The van der Waals surface area contributed by atoms with E-state index < -0.39 is 11.6 Å². The van der Waals surface area contributed by atoms with E-state index in [0.29, 0.717) is 0 Å². The van der Waals surface area contributed by atoms with Crippen molar-refractivity contribution in [3.63, 3.8) is 0 Å². The van der Waals surface area contributed by atoms with Crippen molar-refractivity contribution in [1.29, 1.82) is 0 Å². The van der Waals surface area contributed by atoms with E-state index in [-0.39, 0.29) is 0 Å². The number of hydrogen-bond donors (Lipinski definition) is 0. The molecule has 0 aromatic heterocycles. The number of hydrogen-bond acceptors (Lipinski definition) is 1. The molecular formula is C3H7LiOSe. The van der Waals surface area contributed by atoms with E-state index >= 15 is 0 Å². The summed E-state index contributed by atoms with van der Waals surface area (Å²) in [5, 5.41) is 0.944. The fourth-order valence-corrected chi connectivity index (χ4v) is 1.49. The van der Waals surface area contributed by atoms with E-state index in [1.807, 2.05) is 15.8 Å². The molecule has 0 aliphatic rings. The Labute approximate surface area is 50.1 Å². The molecule has 0 N–H and O–H groups in total. The van der Waals surface area contributed by atoms with Crippen LogP contribution in [0.1, 0.15) is 13.3 Å². The van der Waals surface area contributed by atoms with Crippen molar-refractivity contribution in [3.05, 3.63) is 0 Å². The van der Waals surface area contributed by atoms with Gasteiger partial charge in [-0.2, -0.15) is 0 Å². The van der Waals surface area contributed by atoms with Crippen molar-refractivity contribution in [2.45, 2.75) is 18.7 Å². The molecule has 0 fully saturated rings. The summed E-state index contributed by atoms with van der Waals surface area (Å²) in [6.07, 6.45) is 1.07. The van der Waals surface area contributed by atoms with Crippen LogP contribution in [0.4, 0.5) is 0 Å². The Balaban J connectivity index is 2.83. The fourth-order valence-electron chi connectivity index (χ4n) is 0.287. The molecule has 1 nitrogen and oxygen atoms in total. The van der Waals surface area contributed by atoms with Gasteiger partial charge >= 0.3 is 49.9 Å². The van der Waals surface area contributed by atoms with E-state index in [1.165, 1.54) is 0 Å². The van der Waals surface area contributed by atoms with Crippen LogP contribution in [0.5, 0.6) is 0 Å². The molecule has 0 aliphatic heterocycles. The zero-order chi connectivity index (χ0) is 4.99. The Morgan fingerprint density at radius 1 is 1.83 bits per heavy atom. The van der Waals surface area contributed by atoms with Gasteiger partial charge in [-0.3, -0.25) is 0 Å². The van der Waals surface area contributed by atoms with Gasteiger partial charge in [0.25, 0.3) is 0 Å². The maximum absolute atomic E-state index is 10.3. The summed E-state index contributed by atoms with van der Waals surface area (Å²) in [7, 11) is 0. The van der Waals surface area contributed by atoms with Crippen LogP contribution in [0.2, 0.25) is 5.32 Å². The van der Waals surface area contributed by atoms with Gasteiger partial charge in [0, 0.05) is 0 Å². The molecule has 3 heteroatoms. The molecule has 0 amide bonds. The van der Waals surface area contributed by atoms with Crippen LogP contribution < -0.4 is 0 Å². The van der Waals surface area contributed by atoms with Crippen molar-refractivity contribution in [1.82, 2.24) is 0 Å². The molecule has 0 aromatic carbocycles. The van der Waals surface area contributed by atoms with Crippen LogP contribution in [-0.2, 0) is 3.83 Å². The van der Waals surface area contributed by atoms with Crippen LogP contribution in [-0.4, -0.2) is 27.4 Å². The van der Waals surface area contributed by atoms with Gasteiger partial charge in [-0.15, -0.1) is 0 Å². The van der Waals surface area contributed by atoms with E-state index in [4.69, 9.17) is 0 Å². The molecule has 6 heavy (non-hydrogen) atoms. The summed E-state index contributed by atoms with van der Waals surface area (Å²) in [5.41, 5.74) is 0. The first-order valence-corrected chi connectivity index (χ1v) is 5.69. The maximum atomic E-state index is 10.3. The van der Waals surface area contributed by atoms with Gasteiger partial charge in [0.1, 0.15) is 0 Å². The van der Waals surface area contributed by atoms with Crippen molar-refractivity contribution < 1.29 is 3.83 Å². The molecule has 0 aromatic rings. The second-order valence-corrected chi connectivity index (χ2v) is 4.54. The van der Waals surface area contributed by atoms with E-state index in [0.717, 1.165) is 11.7 Å². The molecule has 0 bridgehead atoms. The zero-order valence-corrected chi connectivity index (χ0v) is 5.94. The topological polar surface area (TPSA) is 17.1 Å². The van der Waals surface area contributed by atoms with Gasteiger partial charge in [-0.05, 0) is 0 Å². The Bertz CT molecular complexity index is 54.8. The Morgan fingerprint density at radius 3 is 2.33 bits per heavy atom. The van der Waals surface area contributed by atoms with Gasteiger partial charge in [-0.25, -0.2) is 0 Å². The molecule has 32 valence electrons. The first-order valence-electron chi connectivity index (χ1n) is 2.07. The van der Waals surface area contributed by atoms with E-state index in [9.17, 15) is 3.83 Å². The summed E-state index contributed by atoms with van der Waals surface area (Å²) < 4.78 is 10.3. The molecule has 0 aliphatic carbocycles. The van der Waals surface area contributed by atoms with Gasteiger partial charge in [-0.1, -0.05) is 0 Å².